The number of likely N-dealkylation sites (N-methyl/N-ethyl adjacent to an activating group) is 1. The van der Waals surface area contributed by atoms with Gasteiger partial charge in [-0.15, -0.1) is 0 Å². The van der Waals surface area contributed by atoms with Crippen LogP contribution in [0.4, 0.5) is 0 Å². The maximum Gasteiger partial charge on any atom is 0.257 e. The first-order valence-corrected chi connectivity index (χ1v) is 7.30. The average molecular weight is 329 g/mol. The zero-order valence-electron chi connectivity index (χ0n) is 11.6. The van der Waals surface area contributed by atoms with Gasteiger partial charge in [-0.3, -0.25) is 4.79 Å². The van der Waals surface area contributed by atoms with Gasteiger partial charge in [-0.25, -0.2) is 0 Å². The summed E-state index contributed by atoms with van der Waals surface area (Å²) in [4.78, 5) is 11.4. The number of carbonyl (C=O) groups is 1. The second-order valence-corrected chi connectivity index (χ2v) is 5.12. The molecule has 0 radical (unpaired) electrons. The number of nitrogens with one attached hydrogen (secondary N) is 2. The van der Waals surface area contributed by atoms with Crippen LogP contribution in [-0.2, 0) is 4.79 Å². The van der Waals surface area contributed by atoms with Crippen LogP contribution >= 0.6 is 15.9 Å². The maximum absolute atomic E-state index is 11.4. The number of benzene rings is 1. The topological polar surface area (TPSA) is 50.4 Å². The number of amides is 1. The van der Waals surface area contributed by atoms with Gasteiger partial charge in [0.15, 0.2) is 6.61 Å². The van der Waals surface area contributed by atoms with Crippen molar-refractivity contribution < 1.29 is 9.53 Å². The van der Waals surface area contributed by atoms with Gasteiger partial charge in [0.2, 0.25) is 0 Å². The minimum Gasteiger partial charge on any atom is -0.483 e. The number of halogens is 1. The summed E-state index contributed by atoms with van der Waals surface area (Å²) in [5, 5.41) is 6.05. The molecule has 0 saturated carbocycles. The second-order valence-electron chi connectivity index (χ2n) is 4.20. The summed E-state index contributed by atoms with van der Waals surface area (Å²) in [6.07, 6.45) is 0. The Morgan fingerprint density at radius 2 is 2.11 bits per heavy atom. The number of hydrogen-bond donors (Lipinski definition) is 2. The van der Waals surface area contributed by atoms with Crippen molar-refractivity contribution >= 4 is 21.8 Å². The molecule has 0 spiro atoms. The van der Waals surface area contributed by atoms with Gasteiger partial charge in [0.05, 0.1) is 0 Å². The molecule has 1 amide bonds. The number of rotatable bonds is 7. The molecule has 1 aromatic carbocycles. The van der Waals surface area contributed by atoms with Gasteiger partial charge in [-0.2, -0.15) is 0 Å². The van der Waals surface area contributed by atoms with Crippen LogP contribution in [0.2, 0.25) is 0 Å². The van der Waals surface area contributed by atoms with E-state index in [9.17, 15) is 4.79 Å². The second kappa shape index (κ2) is 8.17. The van der Waals surface area contributed by atoms with E-state index in [0.29, 0.717) is 6.54 Å². The summed E-state index contributed by atoms with van der Waals surface area (Å²) >= 11 is 3.42. The van der Waals surface area contributed by atoms with Crippen LogP contribution in [0.3, 0.4) is 0 Å². The van der Waals surface area contributed by atoms with Crippen LogP contribution in [0, 0.1) is 0 Å². The Balaban J connectivity index is 2.79. The smallest absolute Gasteiger partial charge is 0.257 e. The number of ether oxygens (including phenoxy) is 1. The fourth-order valence-electron chi connectivity index (χ4n) is 1.80. The highest BCUT2D eigenvalue weighted by Crippen LogP contribution is 2.28. The molecule has 19 heavy (non-hydrogen) atoms. The molecular weight excluding hydrogens is 308 g/mol. The molecule has 0 aliphatic heterocycles. The maximum atomic E-state index is 11.4. The lowest BCUT2D eigenvalue weighted by atomic mass is 10.1. The highest BCUT2D eigenvalue weighted by Gasteiger charge is 2.12. The predicted octanol–water partition coefficient (Wildman–Crippen LogP) is 2.63. The largest absolute Gasteiger partial charge is 0.483 e. The van der Waals surface area contributed by atoms with Crippen molar-refractivity contribution in [1.82, 2.24) is 10.6 Å². The third kappa shape index (κ3) is 5.20. The molecule has 0 bridgehead atoms. The molecule has 0 aromatic heterocycles. The molecule has 1 aromatic rings. The van der Waals surface area contributed by atoms with E-state index >= 15 is 0 Å². The monoisotopic (exact) mass is 328 g/mol. The zero-order chi connectivity index (χ0) is 14.3. The van der Waals surface area contributed by atoms with Crippen LogP contribution in [0.25, 0.3) is 0 Å². The lowest BCUT2D eigenvalue weighted by Crippen LogP contribution is -2.29. The number of carbonyl (C=O) groups excluding carboxylic acids is 1. The summed E-state index contributed by atoms with van der Waals surface area (Å²) in [5.74, 6) is 0.624. The molecule has 0 fully saturated rings. The number of hydrogen-bond acceptors (Lipinski definition) is 3. The van der Waals surface area contributed by atoms with Crippen LogP contribution in [-0.4, -0.2) is 25.6 Å². The molecule has 0 aliphatic rings. The third-order valence-corrected chi connectivity index (χ3v) is 3.18. The van der Waals surface area contributed by atoms with Crippen molar-refractivity contribution in [1.29, 1.82) is 0 Å². The van der Waals surface area contributed by atoms with E-state index in [1.165, 1.54) is 0 Å². The SMILES string of the molecule is CCNC(=O)COc1cc(Br)ccc1C(C)NCC. The summed E-state index contributed by atoms with van der Waals surface area (Å²) in [7, 11) is 0. The van der Waals surface area contributed by atoms with Gasteiger partial charge >= 0.3 is 0 Å². The quantitative estimate of drug-likeness (QED) is 0.809. The Kier molecular flexibility index (Phi) is 6.87. The predicted molar refractivity (Wildman–Crippen MR) is 80.4 cm³/mol. The van der Waals surface area contributed by atoms with Crippen molar-refractivity contribution in [2.75, 3.05) is 19.7 Å². The Morgan fingerprint density at radius 1 is 1.37 bits per heavy atom. The van der Waals surface area contributed by atoms with Gasteiger partial charge < -0.3 is 15.4 Å². The normalized spacial score (nSPS) is 12.0. The summed E-state index contributed by atoms with van der Waals surface area (Å²) in [6, 6.07) is 6.05. The first-order chi connectivity index (χ1) is 9.08. The van der Waals surface area contributed by atoms with E-state index in [4.69, 9.17) is 4.74 Å². The molecule has 1 rings (SSSR count). The van der Waals surface area contributed by atoms with E-state index in [0.717, 1.165) is 22.3 Å². The molecular formula is C14H21BrN2O2. The highest BCUT2D eigenvalue weighted by molar-refractivity contribution is 9.10. The first-order valence-electron chi connectivity index (χ1n) is 6.50. The van der Waals surface area contributed by atoms with Gasteiger partial charge in [0.25, 0.3) is 5.91 Å². The Labute approximate surface area is 123 Å². The molecule has 0 aliphatic carbocycles. The Hall–Kier alpha value is -1.07. The summed E-state index contributed by atoms with van der Waals surface area (Å²) in [6.45, 7) is 7.55. The molecule has 5 heteroatoms. The van der Waals surface area contributed by atoms with Crippen LogP contribution in [0.5, 0.6) is 5.75 Å². The van der Waals surface area contributed by atoms with E-state index in [1.807, 2.05) is 25.1 Å². The van der Waals surface area contributed by atoms with E-state index in [2.05, 4.69) is 40.4 Å². The van der Waals surface area contributed by atoms with Gasteiger partial charge in [-0.1, -0.05) is 28.9 Å². The lowest BCUT2D eigenvalue weighted by molar-refractivity contribution is -0.123. The first kappa shape index (κ1) is 16.0. The molecule has 0 heterocycles. The fraction of sp³-hybridized carbons (Fsp3) is 0.500. The van der Waals surface area contributed by atoms with E-state index in [-0.39, 0.29) is 18.6 Å². The van der Waals surface area contributed by atoms with E-state index < -0.39 is 0 Å². The standard InChI is InChI=1S/C14H21BrN2O2/c1-4-16-10(3)12-7-6-11(15)8-13(12)19-9-14(18)17-5-2/h6-8,10,16H,4-5,9H2,1-3H3,(H,17,18). The molecule has 0 saturated heterocycles. The van der Waals surface area contributed by atoms with E-state index in [1.54, 1.807) is 0 Å². The average Bonchev–Trinajstić information content (AvgIpc) is 2.37. The van der Waals surface area contributed by atoms with Crippen LogP contribution in [0.15, 0.2) is 22.7 Å². The molecule has 2 N–H and O–H groups in total. The highest BCUT2D eigenvalue weighted by atomic mass is 79.9. The van der Waals surface area contributed by atoms with Gasteiger partial charge in [-0.05, 0) is 32.5 Å². The molecule has 106 valence electrons. The minimum absolute atomic E-state index is 0.0378. The van der Waals surface area contributed by atoms with Crippen LogP contribution in [0.1, 0.15) is 32.4 Å². The Bertz CT molecular complexity index is 424. The van der Waals surface area contributed by atoms with Crippen molar-refractivity contribution in [3.05, 3.63) is 28.2 Å². The molecule has 1 atom stereocenters. The zero-order valence-corrected chi connectivity index (χ0v) is 13.2. The van der Waals surface area contributed by atoms with Crippen molar-refractivity contribution in [2.24, 2.45) is 0 Å². The molecule has 4 nitrogen and oxygen atoms in total. The third-order valence-electron chi connectivity index (χ3n) is 2.69. The van der Waals surface area contributed by atoms with Crippen molar-refractivity contribution in [3.8, 4) is 5.75 Å². The van der Waals surface area contributed by atoms with Crippen molar-refractivity contribution in [2.45, 2.75) is 26.8 Å². The van der Waals surface area contributed by atoms with Gasteiger partial charge in [0, 0.05) is 22.6 Å². The minimum atomic E-state index is -0.107. The summed E-state index contributed by atoms with van der Waals surface area (Å²) in [5.41, 5.74) is 1.05. The molecule has 1 unspecified atom stereocenters. The van der Waals surface area contributed by atoms with Crippen molar-refractivity contribution in [3.63, 3.8) is 0 Å². The summed E-state index contributed by atoms with van der Waals surface area (Å²) < 4.78 is 6.55. The Morgan fingerprint density at radius 3 is 2.74 bits per heavy atom. The van der Waals surface area contributed by atoms with Crippen LogP contribution < -0.4 is 15.4 Å². The van der Waals surface area contributed by atoms with Gasteiger partial charge in [0.1, 0.15) is 5.75 Å². The fourth-order valence-corrected chi connectivity index (χ4v) is 2.14. The lowest BCUT2D eigenvalue weighted by Gasteiger charge is -2.18.